The van der Waals surface area contributed by atoms with Crippen LogP contribution in [0, 0.1) is 5.41 Å². The minimum absolute atomic E-state index is 0.0910. The van der Waals surface area contributed by atoms with Gasteiger partial charge in [0.25, 0.3) is 0 Å². The fourth-order valence-corrected chi connectivity index (χ4v) is 3.48. The predicted molar refractivity (Wildman–Crippen MR) is 135 cm³/mol. The van der Waals surface area contributed by atoms with Crippen LogP contribution in [-0.2, 0) is 27.2 Å². The highest BCUT2D eigenvalue weighted by molar-refractivity contribution is 5.92. The molecule has 0 saturated carbocycles. The van der Waals surface area contributed by atoms with Gasteiger partial charge in [-0.25, -0.2) is 4.79 Å². The van der Waals surface area contributed by atoms with Crippen LogP contribution in [0.5, 0.6) is 5.75 Å². The molecular formula is C25H34N6O5. The molecule has 0 bridgehead atoms. The molecule has 0 saturated heterocycles. The third kappa shape index (κ3) is 9.63. The Kier molecular flexibility index (Phi) is 11.2. The normalized spacial score (nSPS) is 13.1. The number of hydrogen-bond acceptors (Lipinski definition) is 6. The average Bonchev–Trinajstić information content (AvgIpc) is 2.86. The van der Waals surface area contributed by atoms with E-state index >= 15 is 0 Å². The van der Waals surface area contributed by atoms with Crippen molar-refractivity contribution in [2.45, 2.75) is 43.8 Å². The number of guanidine groups is 1. The zero-order chi connectivity index (χ0) is 26.5. The summed E-state index contributed by atoms with van der Waals surface area (Å²) in [4.78, 5) is 37.8. The molecule has 0 unspecified atom stereocenters. The monoisotopic (exact) mass is 498 g/mol. The number of nitrogens with two attached hydrogens (primary N) is 2. The van der Waals surface area contributed by atoms with Gasteiger partial charge in [-0.1, -0.05) is 42.5 Å². The Morgan fingerprint density at radius 1 is 0.944 bits per heavy atom. The van der Waals surface area contributed by atoms with Crippen LogP contribution in [0.25, 0.3) is 0 Å². The average molecular weight is 499 g/mol. The van der Waals surface area contributed by atoms with Gasteiger partial charge in [0.2, 0.25) is 11.8 Å². The van der Waals surface area contributed by atoms with Crippen molar-refractivity contribution in [1.82, 2.24) is 16.0 Å². The Bertz CT molecular complexity index is 1020. The van der Waals surface area contributed by atoms with Gasteiger partial charge in [-0.15, -0.1) is 0 Å². The third-order valence-electron chi connectivity index (χ3n) is 5.47. The molecule has 9 N–H and O–H groups in total. The van der Waals surface area contributed by atoms with Crippen LogP contribution in [0.15, 0.2) is 54.6 Å². The highest BCUT2D eigenvalue weighted by Gasteiger charge is 2.28. The maximum Gasteiger partial charge on any atom is 0.326 e. The molecule has 0 radical (unpaired) electrons. The van der Waals surface area contributed by atoms with Crippen molar-refractivity contribution < 1.29 is 24.2 Å². The smallest absolute Gasteiger partial charge is 0.326 e. The highest BCUT2D eigenvalue weighted by atomic mass is 16.5. The number of carbonyl (C=O) groups excluding carboxylic acids is 2. The number of aliphatic carboxylic acids is 1. The van der Waals surface area contributed by atoms with E-state index in [1.54, 1.807) is 48.5 Å². The van der Waals surface area contributed by atoms with E-state index in [2.05, 4.69) is 16.0 Å². The molecule has 0 spiro atoms. The number of methoxy groups -OCH3 is 1. The van der Waals surface area contributed by atoms with Gasteiger partial charge in [0.05, 0.1) is 13.2 Å². The Morgan fingerprint density at radius 2 is 1.53 bits per heavy atom. The van der Waals surface area contributed by atoms with Crippen LogP contribution in [0.1, 0.15) is 24.0 Å². The standard InChI is InChI=1S/C25H34N6O5/c1-36-18-11-9-17(10-12-18)14-20(30-22(32)19(26)8-5-13-29-25(27)28)23(33)31-21(24(34)35)15-16-6-3-2-4-7-16/h2-4,6-7,9-12,19-21H,5,8,13-15,26H2,1H3,(H,30,32)(H,31,33)(H,34,35)(H4,27,28,29)/t19-,20-,21-/m0/s1. The second-order valence-electron chi connectivity index (χ2n) is 8.29. The molecule has 11 nitrogen and oxygen atoms in total. The van der Waals surface area contributed by atoms with Crippen LogP contribution in [-0.4, -0.2) is 60.6 Å². The number of ether oxygens (including phenoxy) is 1. The molecule has 36 heavy (non-hydrogen) atoms. The molecule has 0 aliphatic carbocycles. The number of carbonyl (C=O) groups is 3. The van der Waals surface area contributed by atoms with Crippen molar-refractivity contribution in [3.8, 4) is 5.75 Å². The topological polar surface area (TPSA) is 193 Å². The van der Waals surface area contributed by atoms with Gasteiger partial charge in [-0.3, -0.25) is 15.0 Å². The van der Waals surface area contributed by atoms with E-state index in [0.717, 1.165) is 11.1 Å². The number of carboxylic acid groups (broad SMARTS) is 1. The fraction of sp³-hybridized carbons (Fsp3) is 0.360. The summed E-state index contributed by atoms with van der Waals surface area (Å²) in [6.07, 6.45) is 1.00. The number of nitrogens with one attached hydrogen (secondary N) is 4. The first kappa shape index (κ1) is 28.1. The zero-order valence-electron chi connectivity index (χ0n) is 20.2. The highest BCUT2D eigenvalue weighted by Crippen LogP contribution is 2.13. The van der Waals surface area contributed by atoms with E-state index in [0.29, 0.717) is 25.1 Å². The third-order valence-corrected chi connectivity index (χ3v) is 5.47. The molecule has 2 aromatic rings. The molecule has 0 aliphatic rings. The van der Waals surface area contributed by atoms with Gasteiger partial charge >= 0.3 is 5.97 Å². The molecule has 2 rings (SSSR count). The number of rotatable bonds is 14. The Morgan fingerprint density at radius 3 is 2.11 bits per heavy atom. The maximum atomic E-state index is 13.2. The molecule has 0 heterocycles. The Hall–Kier alpha value is -4.12. The van der Waals surface area contributed by atoms with Crippen LogP contribution in [0.4, 0.5) is 0 Å². The van der Waals surface area contributed by atoms with Crippen molar-refractivity contribution in [3.63, 3.8) is 0 Å². The van der Waals surface area contributed by atoms with Gasteiger partial charge in [0.1, 0.15) is 17.8 Å². The SMILES string of the molecule is COc1ccc(C[C@H](NC(=O)[C@@H](N)CCCNC(=N)N)C(=O)N[C@@H](Cc2ccccc2)C(=O)O)cc1. The lowest BCUT2D eigenvalue weighted by Gasteiger charge is -2.23. The van der Waals surface area contributed by atoms with E-state index in [-0.39, 0.29) is 18.8 Å². The van der Waals surface area contributed by atoms with E-state index in [1.807, 2.05) is 6.07 Å². The van der Waals surface area contributed by atoms with E-state index in [1.165, 1.54) is 7.11 Å². The van der Waals surface area contributed by atoms with Crippen molar-refractivity contribution in [1.29, 1.82) is 5.41 Å². The summed E-state index contributed by atoms with van der Waals surface area (Å²) in [5, 5.41) is 24.7. The maximum absolute atomic E-state index is 13.2. The zero-order valence-corrected chi connectivity index (χ0v) is 20.2. The lowest BCUT2D eigenvalue weighted by atomic mass is 10.0. The van der Waals surface area contributed by atoms with Gasteiger partial charge in [0.15, 0.2) is 5.96 Å². The fourth-order valence-electron chi connectivity index (χ4n) is 3.48. The first-order chi connectivity index (χ1) is 17.2. The van der Waals surface area contributed by atoms with Crippen molar-refractivity contribution >= 4 is 23.7 Å². The lowest BCUT2D eigenvalue weighted by molar-refractivity contribution is -0.142. The Labute approximate surface area is 210 Å². The van der Waals surface area contributed by atoms with Crippen LogP contribution in [0.3, 0.4) is 0 Å². The first-order valence-electron chi connectivity index (χ1n) is 11.5. The van der Waals surface area contributed by atoms with Crippen molar-refractivity contribution in [3.05, 3.63) is 65.7 Å². The minimum Gasteiger partial charge on any atom is -0.497 e. The molecule has 3 atom stereocenters. The van der Waals surface area contributed by atoms with E-state index in [9.17, 15) is 19.5 Å². The molecule has 194 valence electrons. The number of benzene rings is 2. The number of amides is 2. The summed E-state index contributed by atoms with van der Waals surface area (Å²) in [5.41, 5.74) is 12.7. The summed E-state index contributed by atoms with van der Waals surface area (Å²) in [7, 11) is 1.54. The first-order valence-corrected chi connectivity index (χ1v) is 11.5. The molecule has 2 aromatic carbocycles. The van der Waals surface area contributed by atoms with Gasteiger partial charge in [0, 0.05) is 19.4 Å². The minimum atomic E-state index is -1.18. The van der Waals surface area contributed by atoms with Crippen LogP contribution >= 0.6 is 0 Å². The molecular weight excluding hydrogens is 464 g/mol. The molecule has 0 fully saturated rings. The summed E-state index contributed by atoms with van der Waals surface area (Å²) < 4.78 is 5.16. The largest absolute Gasteiger partial charge is 0.497 e. The van der Waals surface area contributed by atoms with E-state index in [4.69, 9.17) is 21.6 Å². The Balaban J connectivity index is 2.12. The van der Waals surface area contributed by atoms with E-state index < -0.39 is 35.9 Å². The second kappa shape index (κ2) is 14.3. The quantitative estimate of drug-likeness (QED) is 0.108. The summed E-state index contributed by atoms with van der Waals surface area (Å²) in [6.45, 7) is 0.381. The van der Waals surface area contributed by atoms with Crippen LogP contribution in [0.2, 0.25) is 0 Å². The van der Waals surface area contributed by atoms with Crippen molar-refractivity contribution in [2.75, 3.05) is 13.7 Å². The number of hydrogen-bond donors (Lipinski definition) is 7. The van der Waals surface area contributed by atoms with Crippen LogP contribution < -0.4 is 32.2 Å². The molecule has 2 amide bonds. The summed E-state index contributed by atoms with van der Waals surface area (Å²) >= 11 is 0. The van der Waals surface area contributed by atoms with Gasteiger partial charge in [-0.05, 0) is 36.1 Å². The number of carboxylic acids is 1. The molecule has 0 aliphatic heterocycles. The van der Waals surface area contributed by atoms with Crippen molar-refractivity contribution in [2.24, 2.45) is 11.5 Å². The second-order valence-corrected chi connectivity index (χ2v) is 8.29. The molecule has 0 aromatic heterocycles. The molecule has 11 heteroatoms. The summed E-state index contributed by atoms with van der Waals surface area (Å²) in [5.74, 6) is -1.89. The summed E-state index contributed by atoms with van der Waals surface area (Å²) in [6, 6.07) is 12.8. The predicted octanol–water partition coefficient (Wildman–Crippen LogP) is 0.125. The lowest BCUT2D eigenvalue weighted by Crippen LogP contribution is -2.55. The van der Waals surface area contributed by atoms with Gasteiger partial charge < -0.3 is 37.3 Å². The van der Waals surface area contributed by atoms with Gasteiger partial charge in [-0.2, -0.15) is 0 Å².